The predicted octanol–water partition coefficient (Wildman–Crippen LogP) is 2.22. The number of amides is 1. The molecule has 0 bridgehead atoms. The molecule has 10 nitrogen and oxygen atoms in total. The first-order chi connectivity index (χ1) is 12.6. The number of nitrogens with zero attached hydrogens (tertiary/aromatic N) is 5. The standard InChI is InChI=1S/C17H22N6O4/c1-9(20-16(26)27-17(2,3)4)14-21-13(10-5-6-10)22-23(14)12-7-11(15(24)25)18-8-19-12/h7-10H,5-6H2,1-4H3,(H,20,26)(H,24,25). The Morgan fingerprint density at radius 3 is 2.63 bits per heavy atom. The Kier molecular flexibility index (Phi) is 4.81. The molecule has 3 rings (SSSR count). The number of hydrogen-bond donors (Lipinski definition) is 2. The number of carboxylic acid groups (broad SMARTS) is 1. The predicted molar refractivity (Wildman–Crippen MR) is 93.7 cm³/mol. The van der Waals surface area contributed by atoms with Crippen LogP contribution in [0.2, 0.25) is 0 Å². The van der Waals surface area contributed by atoms with E-state index in [1.54, 1.807) is 27.7 Å². The number of alkyl carbamates (subject to hydrolysis) is 1. The minimum Gasteiger partial charge on any atom is -0.477 e. The number of aromatic carboxylic acids is 1. The molecule has 1 unspecified atom stereocenters. The SMILES string of the molecule is CC(NC(=O)OC(C)(C)C)c1nc(C2CC2)nn1-c1cc(C(=O)O)ncn1. The highest BCUT2D eigenvalue weighted by Crippen LogP contribution is 2.38. The van der Waals surface area contributed by atoms with E-state index in [1.807, 2.05) is 0 Å². The van der Waals surface area contributed by atoms with E-state index in [-0.39, 0.29) is 17.4 Å². The van der Waals surface area contributed by atoms with E-state index in [9.17, 15) is 9.59 Å². The summed E-state index contributed by atoms with van der Waals surface area (Å²) in [6.07, 6.45) is 2.59. The van der Waals surface area contributed by atoms with Crippen LogP contribution in [0.4, 0.5) is 4.79 Å². The molecule has 1 aliphatic rings. The molecule has 1 aliphatic carbocycles. The van der Waals surface area contributed by atoms with Gasteiger partial charge in [0.15, 0.2) is 23.2 Å². The van der Waals surface area contributed by atoms with Crippen LogP contribution in [0.1, 0.15) is 74.6 Å². The highest BCUT2D eigenvalue weighted by Gasteiger charge is 2.31. The molecular formula is C17H22N6O4. The Hall–Kier alpha value is -3.04. The molecular weight excluding hydrogens is 352 g/mol. The average Bonchev–Trinajstić information content (AvgIpc) is 3.31. The normalized spacial score (nSPS) is 15.3. The highest BCUT2D eigenvalue weighted by atomic mass is 16.6. The fraction of sp³-hybridized carbons (Fsp3) is 0.529. The molecule has 1 saturated carbocycles. The summed E-state index contributed by atoms with van der Waals surface area (Å²) in [5, 5.41) is 16.4. The molecule has 0 spiro atoms. The van der Waals surface area contributed by atoms with E-state index >= 15 is 0 Å². The summed E-state index contributed by atoms with van der Waals surface area (Å²) in [5.41, 5.74) is -0.776. The number of rotatable bonds is 5. The molecule has 2 heterocycles. The lowest BCUT2D eigenvalue weighted by Crippen LogP contribution is -2.35. The van der Waals surface area contributed by atoms with Gasteiger partial charge in [-0.05, 0) is 40.5 Å². The summed E-state index contributed by atoms with van der Waals surface area (Å²) in [7, 11) is 0. The molecule has 1 fully saturated rings. The molecule has 2 aromatic rings. The Morgan fingerprint density at radius 2 is 2.04 bits per heavy atom. The fourth-order valence-corrected chi connectivity index (χ4v) is 2.43. The maximum atomic E-state index is 12.1. The number of nitrogens with one attached hydrogen (secondary N) is 1. The summed E-state index contributed by atoms with van der Waals surface area (Å²) in [6.45, 7) is 7.08. The lowest BCUT2D eigenvalue weighted by atomic mass is 10.2. The van der Waals surface area contributed by atoms with Gasteiger partial charge in [0.2, 0.25) is 0 Å². The third kappa shape index (κ3) is 4.57. The summed E-state index contributed by atoms with van der Waals surface area (Å²) in [5.74, 6) is 0.480. The number of carboxylic acids is 1. The van der Waals surface area contributed by atoms with Gasteiger partial charge in [-0.25, -0.2) is 24.5 Å². The zero-order valence-electron chi connectivity index (χ0n) is 15.6. The fourth-order valence-electron chi connectivity index (χ4n) is 2.43. The first-order valence-corrected chi connectivity index (χ1v) is 8.66. The molecule has 0 saturated heterocycles. The molecule has 27 heavy (non-hydrogen) atoms. The van der Waals surface area contributed by atoms with Crippen molar-refractivity contribution in [1.82, 2.24) is 30.0 Å². The maximum Gasteiger partial charge on any atom is 0.408 e. The van der Waals surface area contributed by atoms with Gasteiger partial charge < -0.3 is 15.2 Å². The van der Waals surface area contributed by atoms with Crippen molar-refractivity contribution in [2.45, 2.75) is 58.1 Å². The van der Waals surface area contributed by atoms with Crippen molar-refractivity contribution in [1.29, 1.82) is 0 Å². The molecule has 2 aromatic heterocycles. The van der Waals surface area contributed by atoms with Gasteiger partial charge in [-0.1, -0.05) is 0 Å². The van der Waals surface area contributed by atoms with Crippen LogP contribution >= 0.6 is 0 Å². The van der Waals surface area contributed by atoms with Crippen molar-refractivity contribution in [3.05, 3.63) is 29.7 Å². The van der Waals surface area contributed by atoms with Crippen LogP contribution in [-0.4, -0.2) is 47.5 Å². The molecule has 0 radical (unpaired) electrons. The Morgan fingerprint density at radius 1 is 1.33 bits per heavy atom. The van der Waals surface area contributed by atoms with Gasteiger partial charge in [0, 0.05) is 12.0 Å². The quantitative estimate of drug-likeness (QED) is 0.814. The largest absolute Gasteiger partial charge is 0.477 e. The second-order valence-corrected chi connectivity index (χ2v) is 7.45. The maximum absolute atomic E-state index is 12.1. The van der Waals surface area contributed by atoms with Crippen LogP contribution in [0.25, 0.3) is 5.82 Å². The van der Waals surface area contributed by atoms with Gasteiger partial charge in [-0.2, -0.15) is 4.68 Å². The smallest absolute Gasteiger partial charge is 0.408 e. The molecule has 2 N–H and O–H groups in total. The lowest BCUT2D eigenvalue weighted by Gasteiger charge is -2.21. The van der Waals surface area contributed by atoms with E-state index in [2.05, 4.69) is 25.4 Å². The van der Waals surface area contributed by atoms with Crippen LogP contribution in [0.3, 0.4) is 0 Å². The number of carbonyl (C=O) groups is 2. The molecule has 0 aliphatic heterocycles. The van der Waals surface area contributed by atoms with Crippen LogP contribution in [0.5, 0.6) is 0 Å². The van der Waals surface area contributed by atoms with E-state index in [1.165, 1.54) is 10.7 Å². The average molecular weight is 374 g/mol. The zero-order valence-corrected chi connectivity index (χ0v) is 15.6. The highest BCUT2D eigenvalue weighted by molar-refractivity contribution is 5.85. The molecule has 10 heteroatoms. The van der Waals surface area contributed by atoms with Crippen LogP contribution in [-0.2, 0) is 4.74 Å². The van der Waals surface area contributed by atoms with Crippen LogP contribution in [0.15, 0.2) is 12.4 Å². The molecule has 1 atom stereocenters. The zero-order chi connectivity index (χ0) is 19.8. The van der Waals surface area contributed by atoms with Gasteiger partial charge in [-0.3, -0.25) is 0 Å². The van der Waals surface area contributed by atoms with Gasteiger partial charge in [0.05, 0.1) is 6.04 Å². The van der Waals surface area contributed by atoms with E-state index in [0.29, 0.717) is 11.6 Å². The van der Waals surface area contributed by atoms with E-state index in [4.69, 9.17) is 9.84 Å². The number of hydrogen-bond acceptors (Lipinski definition) is 7. The van der Waals surface area contributed by atoms with Crippen molar-refractivity contribution >= 4 is 12.1 Å². The first kappa shape index (κ1) is 18.7. The van der Waals surface area contributed by atoms with Gasteiger partial charge in [0.1, 0.15) is 11.9 Å². The van der Waals surface area contributed by atoms with Crippen molar-refractivity contribution in [3.63, 3.8) is 0 Å². The Labute approximate surface area is 156 Å². The Balaban J connectivity index is 1.91. The number of aromatic nitrogens is 5. The van der Waals surface area contributed by atoms with Gasteiger partial charge in [0.25, 0.3) is 0 Å². The van der Waals surface area contributed by atoms with Crippen LogP contribution in [0, 0.1) is 0 Å². The second-order valence-electron chi connectivity index (χ2n) is 7.45. The number of carbonyl (C=O) groups excluding carboxylic acids is 1. The molecule has 1 amide bonds. The first-order valence-electron chi connectivity index (χ1n) is 8.66. The monoisotopic (exact) mass is 374 g/mol. The minimum absolute atomic E-state index is 0.151. The minimum atomic E-state index is -1.16. The Bertz CT molecular complexity index is 869. The topological polar surface area (TPSA) is 132 Å². The van der Waals surface area contributed by atoms with E-state index in [0.717, 1.165) is 19.2 Å². The van der Waals surface area contributed by atoms with Crippen molar-refractivity contribution in [2.75, 3.05) is 0 Å². The molecule has 144 valence electrons. The summed E-state index contributed by atoms with van der Waals surface area (Å²) in [4.78, 5) is 35.7. The summed E-state index contributed by atoms with van der Waals surface area (Å²) < 4.78 is 6.73. The summed E-state index contributed by atoms with van der Waals surface area (Å²) >= 11 is 0. The third-order valence-corrected chi connectivity index (χ3v) is 3.80. The van der Waals surface area contributed by atoms with Crippen molar-refractivity contribution in [3.8, 4) is 5.82 Å². The number of ether oxygens (including phenoxy) is 1. The second kappa shape index (κ2) is 6.93. The third-order valence-electron chi connectivity index (χ3n) is 3.80. The van der Waals surface area contributed by atoms with E-state index < -0.39 is 23.7 Å². The van der Waals surface area contributed by atoms with Gasteiger partial charge >= 0.3 is 12.1 Å². The van der Waals surface area contributed by atoms with Crippen molar-refractivity contribution in [2.24, 2.45) is 0 Å². The lowest BCUT2D eigenvalue weighted by molar-refractivity contribution is 0.0504. The van der Waals surface area contributed by atoms with Crippen molar-refractivity contribution < 1.29 is 19.4 Å². The molecule has 0 aromatic carbocycles. The van der Waals surface area contributed by atoms with Gasteiger partial charge in [-0.15, -0.1) is 5.10 Å². The van der Waals surface area contributed by atoms with Crippen LogP contribution < -0.4 is 5.32 Å². The summed E-state index contributed by atoms with van der Waals surface area (Å²) in [6, 6.07) is 0.792.